The third-order valence-electron chi connectivity index (χ3n) is 5.87. The number of esters is 1. The predicted octanol–water partition coefficient (Wildman–Crippen LogP) is 4.92. The molecule has 0 aliphatic rings. The van der Waals surface area contributed by atoms with Crippen molar-refractivity contribution in [1.29, 1.82) is 0 Å². The minimum absolute atomic E-state index is 0.447. The summed E-state index contributed by atoms with van der Waals surface area (Å²) in [4.78, 5) is 41.5. The van der Waals surface area contributed by atoms with E-state index in [0.717, 1.165) is 12.8 Å². The normalized spacial score (nSPS) is 11.8. The molecule has 0 radical (unpaired) electrons. The van der Waals surface area contributed by atoms with Crippen molar-refractivity contribution in [3.63, 3.8) is 0 Å². The Balaban J connectivity index is 0. The van der Waals surface area contributed by atoms with E-state index in [1.807, 2.05) is 0 Å². The first-order valence-corrected chi connectivity index (χ1v) is 13.7. The molecule has 0 saturated carbocycles. The molecule has 5 N–H and O–H groups in total. The van der Waals surface area contributed by atoms with Crippen LogP contribution in [0.25, 0.3) is 0 Å². The van der Waals surface area contributed by atoms with E-state index in [1.165, 1.54) is 96.8 Å². The lowest BCUT2D eigenvalue weighted by Crippen LogP contribution is -2.42. The highest BCUT2D eigenvalue weighted by molar-refractivity contribution is 5.88. The highest BCUT2D eigenvalue weighted by Gasteiger charge is 2.40. The molecular weight excluding hydrogens is 484 g/mol. The smallest absolute Gasteiger partial charge is 0.336 e. The molecule has 0 aromatic heterocycles. The van der Waals surface area contributed by atoms with Crippen LogP contribution < -0.4 is 0 Å². The van der Waals surface area contributed by atoms with Crippen LogP contribution in [0.2, 0.25) is 0 Å². The fraction of sp³-hybridized carbons (Fsp3) is 0.852. The summed E-state index contributed by atoms with van der Waals surface area (Å²) < 4.78 is 4.93. The van der Waals surface area contributed by atoms with E-state index >= 15 is 0 Å². The Morgan fingerprint density at radius 1 is 0.649 bits per heavy atom. The minimum Gasteiger partial charge on any atom is -0.481 e. The lowest BCUT2D eigenvalue weighted by Gasteiger charge is -2.18. The second-order valence-electron chi connectivity index (χ2n) is 9.62. The SMILES string of the molecule is CCCCCCCCCCCCCCCCCCOC(=O)C(C)O.O=C(O)CC(O)(CC(=O)O)C(=O)O. The van der Waals surface area contributed by atoms with Crippen LogP contribution in [0.4, 0.5) is 0 Å². The highest BCUT2D eigenvalue weighted by atomic mass is 16.5. The van der Waals surface area contributed by atoms with Crippen LogP contribution in [0, 0.1) is 0 Å². The molecule has 1 unspecified atom stereocenters. The number of carbonyl (C=O) groups is 4. The minimum atomic E-state index is -2.74. The summed E-state index contributed by atoms with van der Waals surface area (Å²) in [6.45, 7) is 4.16. The molecule has 0 aromatic carbocycles. The van der Waals surface area contributed by atoms with Crippen molar-refractivity contribution >= 4 is 23.9 Å². The summed E-state index contributed by atoms with van der Waals surface area (Å²) in [6, 6.07) is 0. The van der Waals surface area contributed by atoms with Crippen molar-refractivity contribution in [3.05, 3.63) is 0 Å². The third-order valence-corrected chi connectivity index (χ3v) is 5.87. The zero-order valence-electron chi connectivity index (χ0n) is 22.8. The van der Waals surface area contributed by atoms with Gasteiger partial charge in [-0.3, -0.25) is 9.59 Å². The Kier molecular flexibility index (Phi) is 24.1. The number of rotatable bonds is 23. The molecule has 0 heterocycles. The average Bonchev–Trinajstić information content (AvgIpc) is 2.80. The first-order valence-electron chi connectivity index (χ1n) is 13.7. The van der Waals surface area contributed by atoms with Crippen LogP contribution in [0.15, 0.2) is 0 Å². The highest BCUT2D eigenvalue weighted by Crippen LogP contribution is 2.16. The van der Waals surface area contributed by atoms with Gasteiger partial charge in [0.05, 0.1) is 19.4 Å². The number of hydrogen-bond acceptors (Lipinski definition) is 7. The summed E-state index contributed by atoms with van der Waals surface area (Å²) in [5.74, 6) is -5.52. The van der Waals surface area contributed by atoms with Gasteiger partial charge >= 0.3 is 23.9 Å². The maximum Gasteiger partial charge on any atom is 0.336 e. The predicted molar refractivity (Wildman–Crippen MR) is 139 cm³/mol. The van der Waals surface area contributed by atoms with Gasteiger partial charge in [0.1, 0.15) is 6.10 Å². The van der Waals surface area contributed by atoms with E-state index in [1.54, 1.807) is 0 Å². The number of hydrogen-bond donors (Lipinski definition) is 5. The fourth-order valence-corrected chi connectivity index (χ4v) is 3.66. The lowest BCUT2D eigenvalue weighted by atomic mass is 9.96. The maximum absolute atomic E-state index is 11.0. The van der Waals surface area contributed by atoms with Gasteiger partial charge in [-0.25, -0.2) is 9.59 Å². The number of carboxylic acid groups (broad SMARTS) is 3. The Bertz CT molecular complexity index is 602. The average molecular weight is 535 g/mol. The first-order chi connectivity index (χ1) is 17.5. The molecule has 1 atom stereocenters. The van der Waals surface area contributed by atoms with Crippen LogP contribution in [0.1, 0.15) is 129 Å². The molecule has 0 rings (SSSR count). The van der Waals surface area contributed by atoms with Crippen LogP contribution in [-0.2, 0) is 23.9 Å². The van der Waals surface area contributed by atoms with Crippen LogP contribution in [-0.4, -0.2) is 67.7 Å². The van der Waals surface area contributed by atoms with Gasteiger partial charge in [-0.15, -0.1) is 0 Å². The van der Waals surface area contributed by atoms with Crippen molar-refractivity contribution in [3.8, 4) is 0 Å². The molecule has 10 heteroatoms. The number of aliphatic hydroxyl groups is 2. The van der Waals surface area contributed by atoms with Gasteiger partial charge < -0.3 is 30.3 Å². The van der Waals surface area contributed by atoms with E-state index in [4.69, 9.17) is 30.3 Å². The molecule has 0 saturated heterocycles. The molecule has 0 aliphatic heterocycles. The summed E-state index contributed by atoms with van der Waals surface area (Å²) in [5.41, 5.74) is -2.74. The molecule has 10 nitrogen and oxygen atoms in total. The number of aliphatic hydroxyl groups excluding tert-OH is 1. The molecular formula is C27H50O10. The molecule has 218 valence electrons. The molecule has 0 bridgehead atoms. The Morgan fingerprint density at radius 2 is 0.973 bits per heavy atom. The monoisotopic (exact) mass is 534 g/mol. The second kappa shape index (κ2) is 24.2. The van der Waals surface area contributed by atoms with Gasteiger partial charge in [0, 0.05) is 0 Å². The van der Waals surface area contributed by atoms with Gasteiger partial charge in [0.25, 0.3) is 0 Å². The van der Waals surface area contributed by atoms with Gasteiger partial charge in [-0.2, -0.15) is 0 Å². The Labute approximate surface area is 221 Å². The van der Waals surface area contributed by atoms with Gasteiger partial charge in [-0.05, 0) is 13.3 Å². The van der Waals surface area contributed by atoms with Gasteiger partial charge in [0.2, 0.25) is 0 Å². The Morgan fingerprint density at radius 3 is 1.24 bits per heavy atom. The van der Waals surface area contributed by atoms with E-state index in [0.29, 0.717) is 6.61 Å². The lowest BCUT2D eigenvalue weighted by molar-refractivity contribution is -0.170. The summed E-state index contributed by atoms with van der Waals surface area (Å²) in [6.07, 6.45) is 18.1. The van der Waals surface area contributed by atoms with Crippen molar-refractivity contribution in [2.45, 2.75) is 141 Å². The zero-order valence-corrected chi connectivity index (χ0v) is 22.8. The molecule has 0 fully saturated rings. The van der Waals surface area contributed by atoms with Crippen molar-refractivity contribution in [1.82, 2.24) is 0 Å². The second-order valence-corrected chi connectivity index (χ2v) is 9.62. The van der Waals surface area contributed by atoms with E-state index in [9.17, 15) is 19.2 Å². The van der Waals surface area contributed by atoms with Crippen LogP contribution in [0.3, 0.4) is 0 Å². The number of ether oxygens (including phenoxy) is 1. The summed E-state index contributed by atoms with van der Waals surface area (Å²) in [5, 5.41) is 42.8. The largest absolute Gasteiger partial charge is 0.481 e. The quantitative estimate of drug-likeness (QED) is 0.0891. The van der Waals surface area contributed by atoms with E-state index in [-0.39, 0.29) is 0 Å². The number of unbranched alkanes of at least 4 members (excludes halogenated alkanes) is 15. The van der Waals surface area contributed by atoms with Gasteiger partial charge in [0.15, 0.2) is 5.60 Å². The molecule has 37 heavy (non-hydrogen) atoms. The molecule has 0 spiro atoms. The molecule has 0 aromatic rings. The standard InChI is InChI=1S/C21H42O3.C6H8O7/c1-3-4-5-6-7-8-9-10-11-12-13-14-15-16-17-18-19-24-21(23)20(2)22;7-3(8)1-6(13,5(11)12)2-4(9)10/h20,22H,3-19H2,1-2H3;13H,1-2H2,(H,7,8)(H,9,10)(H,11,12). The number of aliphatic carboxylic acids is 3. The van der Waals surface area contributed by atoms with Crippen molar-refractivity contribution in [2.24, 2.45) is 0 Å². The van der Waals surface area contributed by atoms with E-state index in [2.05, 4.69) is 6.92 Å². The summed E-state index contributed by atoms with van der Waals surface area (Å²) >= 11 is 0. The maximum atomic E-state index is 11.0. The van der Waals surface area contributed by atoms with Crippen molar-refractivity contribution < 1.29 is 49.4 Å². The molecule has 0 amide bonds. The van der Waals surface area contributed by atoms with E-state index < -0.39 is 48.4 Å². The van der Waals surface area contributed by atoms with Crippen LogP contribution >= 0.6 is 0 Å². The van der Waals surface area contributed by atoms with Crippen molar-refractivity contribution in [2.75, 3.05) is 6.61 Å². The molecule has 0 aliphatic carbocycles. The third kappa shape index (κ3) is 25.2. The fourth-order valence-electron chi connectivity index (χ4n) is 3.66. The Hall–Kier alpha value is -2.20. The number of carbonyl (C=O) groups excluding carboxylic acids is 1. The number of carboxylic acids is 3. The van der Waals surface area contributed by atoms with Crippen LogP contribution in [0.5, 0.6) is 0 Å². The summed E-state index contributed by atoms with van der Waals surface area (Å²) in [7, 11) is 0. The topological polar surface area (TPSA) is 179 Å². The van der Waals surface area contributed by atoms with Gasteiger partial charge in [-0.1, -0.05) is 103 Å². The first kappa shape index (κ1) is 37.0. The zero-order chi connectivity index (χ0) is 28.5.